The van der Waals surface area contributed by atoms with Gasteiger partial charge in [-0.2, -0.15) is 0 Å². The van der Waals surface area contributed by atoms with Crippen LogP contribution in [0.3, 0.4) is 0 Å². The SMILES string of the molecule is C=CCN(Cc1ccccc1)C(=O)NCC(=O)N1CCCC1. The predicted molar refractivity (Wildman–Crippen MR) is 86.3 cm³/mol. The summed E-state index contributed by atoms with van der Waals surface area (Å²) in [5.41, 5.74) is 1.05. The number of nitrogens with zero attached hydrogens (tertiary/aromatic N) is 2. The molecular weight excluding hydrogens is 278 g/mol. The number of benzene rings is 1. The summed E-state index contributed by atoms with van der Waals surface area (Å²) in [4.78, 5) is 27.7. The fourth-order valence-electron chi connectivity index (χ4n) is 2.52. The minimum Gasteiger partial charge on any atom is -0.341 e. The number of nitrogens with one attached hydrogen (secondary N) is 1. The number of hydrogen-bond donors (Lipinski definition) is 1. The minimum absolute atomic E-state index is 0.0101. The molecule has 0 saturated carbocycles. The molecule has 2 rings (SSSR count). The Kier molecular flexibility index (Phi) is 6.01. The molecule has 5 nitrogen and oxygen atoms in total. The van der Waals surface area contributed by atoms with Crippen molar-refractivity contribution in [2.75, 3.05) is 26.2 Å². The molecule has 1 heterocycles. The first-order valence-electron chi connectivity index (χ1n) is 7.66. The quantitative estimate of drug-likeness (QED) is 0.817. The molecule has 5 heteroatoms. The van der Waals surface area contributed by atoms with Crippen molar-refractivity contribution >= 4 is 11.9 Å². The highest BCUT2D eigenvalue weighted by molar-refractivity contribution is 5.84. The van der Waals surface area contributed by atoms with E-state index in [1.165, 1.54) is 0 Å². The van der Waals surface area contributed by atoms with Crippen molar-refractivity contribution in [3.8, 4) is 0 Å². The summed E-state index contributed by atoms with van der Waals surface area (Å²) in [6.45, 7) is 6.28. The van der Waals surface area contributed by atoms with Gasteiger partial charge >= 0.3 is 6.03 Å². The maximum Gasteiger partial charge on any atom is 0.318 e. The summed E-state index contributed by atoms with van der Waals surface area (Å²) in [6, 6.07) is 9.52. The molecule has 0 aromatic heterocycles. The fraction of sp³-hybridized carbons (Fsp3) is 0.412. The zero-order valence-corrected chi connectivity index (χ0v) is 12.8. The Balaban J connectivity index is 1.86. The number of rotatable bonds is 6. The van der Waals surface area contributed by atoms with Crippen LogP contribution in [0.2, 0.25) is 0 Å². The van der Waals surface area contributed by atoms with Crippen molar-refractivity contribution in [1.82, 2.24) is 15.1 Å². The molecule has 1 aromatic rings. The van der Waals surface area contributed by atoms with Crippen LogP contribution >= 0.6 is 0 Å². The highest BCUT2D eigenvalue weighted by Gasteiger charge is 2.19. The van der Waals surface area contributed by atoms with Crippen molar-refractivity contribution in [2.24, 2.45) is 0 Å². The van der Waals surface area contributed by atoms with Crippen LogP contribution in [0.4, 0.5) is 4.79 Å². The summed E-state index contributed by atoms with van der Waals surface area (Å²) >= 11 is 0. The van der Waals surface area contributed by atoms with E-state index in [0.717, 1.165) is 31.5 Å². The van der Waals surface area contributed by atoms with Gasteiger partial charge in [-0.25, -0.2) is 4.79 Å². The number of hydrogen-bond acceptors (Lipinski definition) is 2. The molecule has 1 aliphatic heterocycles. The Labute approximate surface area is 131 Å². The van der Waals surface area contributed by atoms with Crippen LogP contribution in [0.15, 0.2) is 43.0 Å². The summed E-state index contributed by atoms with van der Waals surface area (Å²) in [5, 5.41) is 2.71. The van der Waals surface area contributed by atoms with Crippen molar-refractivity contribution < 1.29 is 9.59 Å². The molecule has 0 bridgehead atoms. The van der Waals surface area contributed by atoms with Crippen LogP contribution in [0.1, 0.15) is 18.4 Å². The molecule has 118 valence electrons. The molecule has 22 heavy (non-hydrogen) atoms. The summed E-state index contributed by atoms with van der Waals surface area (Å²) in [7, 11) is 0. The third-order valence-corrected chi connectivity index (χ3v) is 3.70. The fourth-order valence-corrected chi connectivity index (χ4v) is 2.52. The maximum atomic E-state index is 12.3. The second-order valence-corrected chi connectivity index (χ2v) is 5.40. The van der Waals surface area contributed by atoms with E-state index in [2.05, 4.69) is 11.9 Å². The van der Waals surface area contributed by atoms with Crippen LogP contribution in [0, 0.1) is 0 Å². The lowest BCUT2D eigenvalue weighted by Gasteiger charge is -2.22. The summed E-state index contributed by atoms with van der Waals surface area (Å²) < 4.78 is 0. The van der Waals surface area contributed by atoms with Crippen LogP contribution in [-0.2, 0) is 11.3 Å². The molecule has 0 unspecified atom stereocenters. The van der Waals surface area contributed by atoms with Gasteiger partial charge < -0.3 is 15.1 Å². The first kappa shape index (κ1) is 16.1. The van der Waals surface area contributed by atoms with Gasteiger partial charge in [-0.15, -0.1) is 6.58 Å². The maximum absolute atomic E-state index is 12.3. The molecule has 0 spiro atoms. The Bertz CT molecular complexity index is 510. The molecule has 1 aliphatic rings. The lowest BCUT2D eigenvalue weighted by Crippen LogP contribution is -2.44. The largest absolute Gasteiger partial charge is 0.341 e. The zero-order valence-electron chi connectivity index (χ0n) is 12.8. The van der Waals surface area contributed by atoms with E-state index < -0.39 is 0 Å². The third kappa shape index (κ3) is 4.62. The first-order chi connectivity index (χ1) is 10.7. The average molecular weight is 301 g/mol. The average Bonchev–Trinajstić information content (AvgIpc) is 3.07. The Morgan fingerprint density at radius 1 is 1.23 bits per heavy atom. The number of urea groups is 1. The second kappa shape index (κ2) is 8.22. The van der Waals surface area contributed by atoms with Gasteiger partial charge in [0.1, 0.15) is 0 Å². The topological polar surface area (TPSA) is 52.7 Å². The lowest BCUT2D eigenvalue weighted by molar-refractivity contribution is -0.129. The van der Waals surface area contributed by atoms with E-state index in [1.54, 1.807) is 15.9 Å². The number of carbonyl (C=O) groups is 2. The van der Waals surface area contributed by atoms with Crippen molar-refractivity contribution in [1.29, 1.82) is 0 Å². The summed E-state index contributed by atoms with van der Waals surface area (Å²) in [5.74, 6) is -0.0101. The molecule has 0 radical (unpaired) electrons. The van der Waals surface area contributed by atoms with E-state index in [0.29, 0.717) is 13.1 Å². The smallest absolute Gasteiger partial charge is 0.318 e. The van der Waals surface area contributed by atoms with Gasteiger partial charge in [-0.3, -0.25) is 4.79 Å². The zero-order chi connectivity index (χ0) is 15.8. The van der Waals surface area contributed by atoms with Gasteiger partial charge in [-0.1, -0.05) is 36.4 Å². The van der Waals surface area contributed by atoms with Crippen LogP contribution < -0.4 is 5.32 Å². The van der Waals surface area contributed by atoms with E-state index in [-0.39, 0.29) is 18.5 Å². The van der Waals surface area contributed by atoms with Crippen LogP contribution in [0.5, 0.6) is 0 Å². The molecule has 1 N–H and O–H groups in total. The molecule has 3 amide bonds. The third-order valence-electron chi connectivity index (χ3n) is 3.70. The molecule has 0 atom stereocenters. The normalized spacial score (nSPS) is 13.7. The van der Waals surface area contributed by atoms with Gasteiger partial charge in [0, 0.05) is 26.2 Å². The summed E-state index contributed by atoms with van der Waals surface area (Å²) in [6.07, 6.45) is 3.79. The first-order valence-corrected chi connectivity index (χ1v) is 7.66. The van der Waals surface area contributed by atoms with Gasteiger partial charge in [0.2, 0.25) is 5.91 Å². The minimum atomic E-state index is -0.240. The monoisotopic (exact) mass is 301 g/mol. The van der Waals surface area contributed by atoms with Crippen molar-refractivity contribution in [2.45, 2.75) is 19.4 Å². The predicted octanol–water partition coefficient (Wildman–Crippen LogP) is 2.01. The van der Waals surface area contributed by atoms with Gasteiger partial charge in [0.05, 0.1) is 6.54 Å². The Hall–Kier alpha value is -2.30. The lowest BCUT2D eigenvalue weighted by atomic mass is 10.2. The van der Waals surface area contributed by atoms with E-state index in [4.69, 9.17) is 0 Å². The highest BCUT2D eigenvalue weighted by atomic mass is 16.2. The number of amides is 3. The van der Waals surface area contributed by atoms with Gasteiger partial charge in [-0.05, 0) is 18.4 Å². The van der Waals surface area contributed by atoms with Gasteiger partial charge in [0.15, 0.2) is 0 Å². The molecule has 1 fully saturated rings. The number of carbonyl (C=O) groups excluding carboxylic acids is 2. The Morgan fingerprint density at radius 2 is 1.91 bits per heavy atom. The number of likely N-dealkylation sites (tertiary alicyclic amines) is 1. The van der Waals surface area contributed by atoms with Gasteiger partial charge in [0.25, 0.3) is 0 Å². The second-order valence-electron chi connectivity index (χ2n) is 5.40. The van der Waals surface area contributed by atoms with Crippen LogP contribution in [-0.4, -0.2) is 47.9 Å². The van der Waals surface area contributed by atoms with E-state index in [1.807, 2.05) is 30.3 Å². The van der Waals surface area contributed by atoms with Crippen molar-refractivity contribution in [3.63, 3.8) is 0 Å². The molecule has 1 saturated heterocycles. The standard InChI is InChI=1S/C17H23N3O2/c1-2-10-20(14-15-8-4-3-5-9-15)17(22)18-13-16(21)19-11-6-7-12-19/h2-5,8-9H,1,6-7,10-14H2,(H,18,22). The van der Waals surface area contributed by atoms with Crippen LogP contribution in [0.25, 0.3) is 0 Å². The van der Waals surface area contributed by atoms with E-state index >= 15 is 0 Å². The highest BCUT2D eigenvalue weighted by Crippen LogP contribution is 2.07. The van der Waals surface area contributed by atoms with E-state index in [9.17, 15) is 9.59 Å². The van der Waals surface area contributed by atoms with Crippen molar-refractivity contribution in [3.05, 3.63) is 48.6 Å². The molecule has 0 aliphatic carbocycles. The molecular formula is C17H23N3O2. The Morgan fingerprint density at radius 3 is 2.55 bits per heavy atom. The molecule has 1 aromatic carbocycles.